The lowest BCUT2D eigenvalue weighted by molar-refractivity contribution is 0.0928. The minimum absolute atomic E-state index is 0.0623. The molecule has 0 saturated heterocycles. The van der Waals surface area contributed by atoms with E-state index in [2.05, 4.69) is 36.5 Å². The molecule has 2 aromatic carbocycles. The zero-order valence-corrected chi connectivity index (χ0v) is 18.1. The molecule has 1 heterocycles. The summed E-state index contributed by atoms with van der Waals surface area (Å²) in [5, 5.41) is 7.26. The van der Waals surface area contributed by atoms with E-state index < -0.39 is 0 Å². The summed E-state index contributed by atoms with van der Waals surface area (Å²) in [6.07, 6.45) is 5.70. The molecule has 0 radical (unpaired) electrons. The number of nitrogens with zero attached hydrogens (tertiary/aromatic N) is 1. The van der Waals surface area contributed by atoms with Crippen LogP contribution < -0.4 is 10.6 Å². The van der Waals surface area contributed by atoms with E-state index in [4.69, 9.17) is 23.2 Å². The number of rotatable bonds is 4. The Hall–Kier alpha value is -1.76. The van der Waals surface area contributed by atoms with Crippen LogP contribution in [0.1, 0.15) is 42.5 Å². The Morgan fingerprint density at radius 2 is 1.86 bits per heavy atom. The van der Waals surface area contributed by atoms with Gasteiger partial charge in [-0.3, -0.25) is 4.79 Å². The summed E-state index contributed by atoms with van der Waals surface area (Å²) in [5.74, 6) is 0.434. The standard InChI is InChI=1S/C20H19BrCl2N4O/c21-13-9-11(19(28)24-12-5-2-1-3-6-12)10-16-17(13)26-20(25-16)27-18-14(22)7-4-8-15(18)23/h4,7-10,12H,1-3,5-6H2,(H,24,28)(H2,25,26,27). The van der Waals surface area contributed by atoms with Crippen molar-refractivity contribution in [3.8, 4) is 0 Å². The average molecular weight is 482 g/mol. The third-order valence-corrected chi connectivity index (χ3v) is 6.18. The van der Waals surface area contributed by atoms with Gasteiger partial charge in [-0.1, -0.05) is 48.5 Å². The summed E-state index contributed by atoms with van der Waals surface area (Å²) in [7, 11) is 0. The van der Waals surface area contributed by atoms with Gasteiger partial charge in [0.2, 0.25) is 5.95 Å². The van der Waals surface area contributed by atoms with E-state index in [1.165, 1.54) is 19.3 Å². The van der Waals surface area contributed by atoms with Gasteiger partial charge in [0.25, 0.3) is 5.91 Å². The molecule has 146 valence electrons. The summed E-state index contributed by atoms with van der Waals surface area (Å²) in [6.45, 7) is 0. The lowest BCUT2D eigenvalue weighted by Gasteiger charge is -2.22. The van der Waals surface area contributed by atoms with Crippen LogP contribution in [0, 0.1) is 0 Å². The van der Waals surface area contributed by atoms with Gasteiger partial charge in [0.1, 0.15) is 5.52 Å². The van der Waals surface area contributed by atoms with E-state index in [1.54, 1.807) is 24.3 Å². The molecule has 0 bridgehead atoms. The number of carbonyl (C=O) groups is 1. The van der Waals surface area contributed by atoms with Crippen molar-refractivity contribution in [2.75, 3.05) is 5.32 Å². The van der Waals surface area contributed by atoms with E-state index in [-0.39, 0.29) is 11.9 Å². The second kappa shape index (κ2) is 8.31. The number of halogens is 3. The van der Waals surface area contributed by atoms with Gasteiger partial charge in [0.15, 0.2) is 0 Å². The first-order valence-corrected chi connectivity index (χ1v) is 10.8. The van der Waals surface area contributed by atoms with Gasteiger partial charge in [-0.25, -0.2) is 4.98 Å². The maximum absolute atomic E-state index is 12.7. The summed E-state index contributed by atoms with van der Waals surface area (Å²) < 4.78 is 0.744. The molecular formula is C20H19BrCl2N4O. The number of fused-ring (bicyclic) bond motifs is 1. The van der Waals surface area contributed by atoms with Gasteiger partial charge >= 0.3 is 0 Å². The van der Waals surface area contributed by atoms with Gasteiger partial charge in [-0.15, -0.1) is 0 Å². The molecule has 1 aliphatic rings. The van der Waals surface area contributed by atoms with Crippen molar-refractivity contribution in [1.82, 2.24) is 15.3 Å². The third kappa shape index (κ3) is 4.14. The lowest BCUT2D eigenvalue weighted by atomic mass is 9.95. The van der Waals surface area contributed by atoms with Crippen LogP contribution in [0.25, 0.3) is 11.0 Å². The number of imidazole rings is 1. The van der Waals surface area contributed by atoms with Crippen LogP contribution in [0.15, 0.2) is 34.8 Å². The topological polar surface area (TPSA) is 69.8 Å². The highest BCUT2D eigenvalue weighted by Crippen LogP contribution is 2.33. The molecule has 0 spiro atoms. The smallest absolute Gasteiger partial charge is 0.251 e. The molecular weight excluding hydrogens is 463 g/mol. The Morgan fingerprint density at radius 3 is 2.57 bits per heavy atom. The molecule has 0 aliphatic heterocycles. The normalized spacial score (nSPS) is 15.0. The van der Waals surface area contributed by atoms with Gasteiger partial charge in [-0.2, -0.15) is 0 Å². The number of aromatic nitrogens is 2. The van der Waals surface area contributed by atoms with Crippen molar-refractivity contribution < 1.29 is 4.79 Å². The molecule has 1 aromatic heterocycles. The number of aromatic amines is 1. The first-order chi connectivity index (χ1) is 13.5. The highest BCUT2D eigenvalue weighted by Gasteiger charge is 2.18. The molecule has 1 fully saturated rings. The number of hydrogen-bond donors (Lipinski definition) is 3. The van der Waals surface area contributed by atoms with E-state index in [0.717, 1.165) is 28.3 Å². The van der Waals surface area contributed by atoms with Crippen LogP contribution in [0.2, 0.25) is 10.0 Å². The van der Waals surface area contributed by atoms with Crippen LogP contribution in [0.5, 0.6) is 0 Å². The number of hydrogen-bond acceptors (Lipinski definition) is 3. The molecule has 1 saturated carbocycles. The maximum Gasteiger partial charge on any atom is 0.251 e. The predicted octanol–water partition coefficient (Wildman–Crippen LogP) is 6.44. The fourth-order valence-corrected chi connectivity index (χ4v) is 4.56. The van der Waals surface area contributed by atoms with E-state index >= 15 is 0 Å². The van der Waals surface area contributed by atoms with Crippen molar-refractivity contribution in [2.24, 2.45) is 0 Å². The number of anilines is 2. The summed E-state index contributed by atoms with van der Waals surface area (Å²) >= 11 is 16.0. The number of para-hydroxylation sites is 1. The largest absolute Gasteiger partial charge is 0.349 e. The SMILES string of the molecule is O=C(NC1CCCCC1)c1cc(Br)c2nc(Nc3c(Cl)cccc3Cl)[nH]c2c1. The van der Waals surface area contributed by atoms with Crippen molar-refractivity contribution in [1.29, 1.82) is 0 Å². The Labute approximate surface area is 181 Å². The molecule has 3 aromatic rings. The third-order valence-electron chi connectivity index (χ3n) is 4.95. The molecule has 1 amide bonds. The van der Waals surface area contributed by atoms with Gasteiger partial charge < -0.3 is 15.6 Å². The maximum atomic E-state index is 12.7. The second-order valence-corrected chi connectivity index (χ2v) is 8.64. The minimum Gasteiger partial charge on any atom is -0.349 e. The molecule has 0 unspecified atom stereocenters. The molecule has 3 N–H and O–H groups in total. The molecule has 28 heavy (non-hydrogen) atoms. The first-order valence-electron chi connectivity index (χ1n) is 9.22. The Kier molecular flexibility index (Phi) is 5.80. The van der Waals surface area contributed by atoms with E-state index in [9.17, 15) is 4.79 Å². The zero-order valence-electron chi connectivity index (χ0n) is 15.0. The van der Waals surface area contributed by atoms with Crippen LogP contribution in [-0.4, -0.2) is 21.9 Å². The Balaban J connectivity index is 1.59. The van der Waals surface area contributed by atoms with Crippen molar-refractivity contribution in [3.63, 3.8) is 0 Å². The average Bonchev–Trinajstić information content (AvgIpc) is 3.09. The Bertz CT molecular complexity index is 1010. The van der Waals surface area contributed by atoms with Crippen molar-refractivity contribution in [3.05, 3.63) is 50.4 Å². The summed E-state index contributed by atoms with van der Waals surface area (Å²) in [5.41, 5.74) is 2.64. The molecule has 5 nitrogen and oxygen atoms in total. The quantitative estimate of drug-likeness (QED) is 0.401. The van der Waals surface area contributed by atoms with Gasteiger partial charge in [0.05, 0.1) is 21.2 Å². The monoisotopic (exact) mass is 480 g/mol. The van der Waals surface area contributed by atoms with Crippen LogP contribution >= 0.6 is 39.1 Å². The first kappa shape index (κ1) is 19.6. The van der Waals surface area contributed by atoms with Crippen molar-refractivity contribution in [2.45, 2.75) is 38.1 Å². The fraction of sp³-hybridized carbons (Fsp3) is 0.300. The number of benzene rings is 2. The number of H-pyrrole nitrogens is 1. The highest BCUT2D eigenvalue weighted by molar-refractivity contribution is 9.10. The summed E-state index contributed by atoms with van der Waals surface area (Å²) in [6, 6.07) is 9.15. The highest BCUT2D eigenvalue weighted by atomic mass is 79.9. The van der Waals surface area contributed by atoms with E-state index in [0.29, 0.717) is 27.2 Å². The van der Waals surface area contributed by atoms with E-state index in [1.807, 2.05) is 6.07 Å². The predicted molar refractivity (Wildman–Crippen MR) is 118 cm³/mol. The fourth-order valence-electron chi connectivity index (χ4n) is 3.52. The minimum atomic E-state index is -0.0623. The van der Waals surface area contributed by atoms with Crippen LogP contribution in [0.4, 0.5) is 11.6 Å². The molecule has 1 aliphatic carbocycles. The number of carbonyl (C=O) groups excluding carboxylic acids is 1. The molecule has 0 atom stereocenters. The molecule has 4 rings (SSSR count). The second-order valence-electron chi connectivity index (χ2n) is 6.97. The Morgan fingerprint density at radius 1 is 1.14 bits per heavy atom. The number of nitrogens with one attached hydrogen (secondary N) is 3. The van der Waals surface area contributed by atoms with Gasteiger partial charge in [-0.05, 0) is 53.0 Å². The van der Waals surface area contributed by atoms with Gasteiger partial charge in [0, 0.05) is 16.1 Å². The van der Waals surface area contributed by atoms with Crippen LogP contribution in [-0.2, 0) is 0 Å². The van der Waals surface area contributed by atoms with Crippen molar-refractivity contribution >= 4 is 67.7 Å². The van der Waals surface area contributed by atoms with Crippen LogP contribution in [0.3, 0.4) is 0 Å². The number of amides is 1. The zero-order chi connectivity index (χ0) is 19.7. The lowest BCUT2D eigenvalue weighted by Crippen LogP contribution is -2.36. The summed E-state index contributed by atoms with van der Waals surface area (Å²) in [4.78, 5) is 20.4. The molecule has 8 heteroatoms.